The van der Waals surface area contributed by atoms with E-state index in [1.807, 2.05) is 0 Å². The fourth-order valence-electron chi connectivity index (χ4n) is 2.17. The minimum atomic E-state index is -0.508. The van der Waals surface area contributed by atoms with Crippen LogP contribution in [0.2, 0.25) is 0 Å². The number of methoxy groups -OCH3 is 1. The number of carbonyl (C=O) groups is 1. The lowest BCUT2D eigenvalue weighted by molar-refractivity contribution is 0.0600. The lowest BCUT2D eigenvalue weighted by Crippen LogP contribution is -2.19. The van der Waals surface area contributed by atoms with Gasteiger partial charge in [0, 0.05) is 25.7 Å². The summed E-state index contributed by atoms with van der Waals surface area (Å²) in [7, 11) is 1.47. The normalized spacial score (nSPS) is 16.6. The van der Waals surface area contributed by atoms with Crippen molar-refractivity contribution in [2.75, 3.05) is 20.3 Å². The summed E-state index contributed by atoms with van der Waals surface area (Å²) in [6.07, 6.45) is 2.15. The van der Waals surface area contributed by atoms with Crippen molar-refractivity contribution in [1.82, 2.24) is 0 Å². The first kappa shape index (κ1) is 13.0. The minimum absolute atomic E-state index is 0.137. The Morgan fingerprint density at radius 2 is 2.17 bits per heavy atom. The highest BCUT2D eigenvalue weighted by atomic mass is 19.1. The molecule has 0 unspecified atom stereocenters. The smallest absolute Gasteiger partial charge is 0.166 e. The summed E-state index contributed by atoms with van der Waals surface area (Å²) in [6, 6.07) is 4.35. The highest BCUT2D eigenvalue weighted by Gasteiger charge is 2.20. The van der Waals surface area contributed by atoms with Gasteiger partial charge in [-0.1, -0.05) is 0 Å². The Morgan fingerprint density at radius 1 is 1.44 bits per heavy atom. The van der Waals surface area contributed by atoms with Crippen LogP contribution in [0.3, 0.4) is 0 Å². The molecule has 0 bridgehead atoms. The van der Waals surface area contributed by atoms with Gasteiger partial charge in [0.05, 0.1) is 12.7 Å². The van der Waals surface area contributed by atoms with Crippen molar-refractivity contribution in [2.45, 2.75) is 19.3 Å². The van der Waals surface area contributed by atoms with E-state index in [4.69, 9.17) is 9.47 Å². The number of ketones is 1. The molecule has 0 saturated carbocycles. The summed E-state index contributed by atoms with van der Waals surface area (Å²) in [5.74, 6) is 0.0938. The zero-order chi connectivity index (χ0) is 13.0. The van der Waals surface area contributed by atoms with Gasteiger partial charge in [-0.3, -0.25) is 4.79 Å². The molecule has 3 nitrogen and oxygen atoms in total. The van der Waals surface area contributed by atoms with Gasteiger partial charge in [-0.05, 0) is 30.9 Å². The SMILES string of the molecule is COc1ccc(C(=O)CC2CCOCC2)c(F)c1. The average Bonchev–Trinajstić information content (AvgIpc) is 2.39. The van der Waals surface area contributed by atoms with E-state index < -0.39 is 5.82 Å². The van der Waals surface area contributed by atoms with E-state index in [9.17, 15) is 9.18 Å². The summed E-state index contributed by atoms with van der Waals surface area (Å²) < 4.78 is 23.9. The predicted octanol–water partition coefficient (Wildman–Crippen LogP) is 2.83. The van der Waals surface area contributed by atoms with Crippen LogP contribution in [0, 0.1) is 11.7 Å². The molecule has 1 aliphatic rings. The molecular formula is C14H17FO3. The van der Waals surface area contributed by atoms with Gasteiger partial charge in [0.25, 0.3) is 0 Å². The molecule has 1 aliphatic heterocycles. The topological polar surface area (TPSA) is 35.5 Å². The molecule has 2 rings (SSSR count). The Balaban J connectivity index is 2.03. The van der Waals surface area contributed by atoms with Gasteiger partial charge in [0.1, 0.15) is 11.6 Å². The number of hydrogen-bond donors (Lipinski definition) is 0. The van der Waals surface area contributed by atoms with E-state index in [0.717, 1.165) is 12.8 Å². The monoisotopic (exact) mass is 252 g/mol. The van der Waals surface area contributed by atoms with E-state index in [2.05, 4.69) is 0 Å². The molecule has 1 heterocycles. The third-order valence-electron chi connectivity index (χ3n) is 3.29. The van der Waals surface area contributed by atoms with Crippen LogP contribution in [0.4, 0.5) is 4.39 Å². The molecule has 1 saturated heterocycles. The van der Waals surface area contributed by atoms with Gasteiger partial charge >= 0.3 is 0 Å². The quantitative estimate of drug-likeness (QED) is 0.773. The minimum Gasteiger partial charge on any atom is -0.497 e. The van der Waals surface area contributed by atoms with Gasteiger partial charge in [-0.25, -0.2) is 4.39 Å². The number of benzene rings is 1. The van der Waals surface area contributed by atoms with Crippen molar-refractivity contribution in [2.24, 2.45) is 5.92 Å². The highest BCUT2D eigenvalue weighted by Crippen LogP contribution is 2.23. The summed E-state index contributed by atoms with van der Waals surface area (Å²) in [5.41, 5.74) is 0.155. The molecule has 98 valence electrons. The van der Waals surface area contributed by atoms with Gasteiger partial charge in [-0.2, -0.15) is 0 Å². The van der Waals surface area contributed by atoms with Crippen LogP contribution >= 0.6 is 0 Å². The van der Waals surface area contributed by atoms with Crippen LogP contribution < -0.4 is 4.74 Å². The summed E-state index contributed by atoms with van der Waals surface area (Å²) in [6.45, 7) is 1.39. The van der Waals surface area contributed by atoms with E-state index in [0.29, 0.717) is 31.3 Å². The first-order chi connectivity index (χ1) is 8.70. The molecule has 1 aromatic rings. The largest absolute Gasteiger partial charge is 0.497 e. The fraction of sp³-hybridized carbons (Fsp3) is 0.500. The van der Waals surface area contributed by atoms with E-state index in [-0.39, 0.29) is 11.3 Å². The predicted molar refractivity (Wildman–Crippen MR) is 65.4 cm³/mol. The van der Waals surface area contributed by atoms with Crippen molar-refractivity contribution in [1.29, 1.82) is 0 Å². The third-order valence-corrected chi connectivity index (χ3v) is 3.29. The number of halogens is 1. The van der Waals surface area contributed by atoms with Gasteiger partial charge in [0.2, 0.25) is 0 Å². The molecular weight excluding hydrogens is 235 g/mol. The first-order valence-electron chi connectivity index (χ1n) is 6.15. The van der Waals surface area contributed by atoms with Gasteiger partial charge < -0.3 is 9.47 Å². The van der Waals surface area contributed by atoms with Crippen LogP contribution in [-0.4, -0.2) is 26.1 Å². The van der Waals surface area contributed by atoms with Crippen molar-refractivity contribution >= 4 is 5.78 Å². The molecule has 1 fully saturated rings. The third kappa shape index (κ3) is 3.07. The van der Waals surface area contributed by atoms with Crippen molar-refractivity contribution < 1.29 is 18.7 Å². The summed E-state index contributed by atoms with van der Waals surface area (Å²) in [5, 5.41) is 0. The average molecular weight is 252 g/mol. The Bertz CT molecular complexity index is 425. The van der Waals surface area contributed by atoms with Gasteiger partial charge in [0.15, 0.2) is 5.78 Å². The zero-order valence-electron chi connectivity index (χ0n) is 10.4. The second-order valence-corrected chi connectivity index (χ2v) is 4.53. The molecule has 0 aliphatic carbocycles. The van der Waals surface area contributed by atoms with Crippen LogP contribution in [0.5, 0.6) is 5.75 Å². The first-order valence-corrected chi connectivity index (χ1v) is 6.15. The van der Waals surface area contributed by atoms with Gasteiger partial charge in [-0.15, -0.1) is 0 Å². The van der Waals surface area contributed by atoms with E-state index >= 15 is 0 Å². The number of Topliss-reactive ketones (excluding diaryl/α,β-unsaturated/α-hetero) is 1. The number of rotatable bonds is 4. The summed E-state index contributed by atoms with van der Waals surface area (Å²) in [4.78, 5) is 12.0. The maximum Gasteiger partial charge on any atom is 0.166 e. The Hall–Kier alpha value is -1.42. The number of carbonyl (C=O) groups excluding carboxylic acids is 1. The van der Waals surface area contributed by atoms with E-state index in [1.165, 1.54) is 19.2 Å². The Morgan fingerprint density at radius 3 is 2.78 bits per heavy atom. The molecule has 0 aromatic heterocycles. The Labute approximate surface area is 106 Å². The molecule has 0 amide bonds. The number of hydrogen-bond acceptors (Lipinski definition) is 3. The molecule has 1 aromatic carbocycles. The second kappa shape index (κ2) is 5.96. The fourth-order valence-corrected chi connectivity index (χ4v) is 2.17. The second-order valence-electron chi connectivity index (χ2n) is 4.53. The van der Waals surface area contributed by atoms with E-state index in [1.54, 1.807) is 6.07 Å². The van der Waals surface area contributed by atoms with Crippen LogP contribution in [0.1, 0.15) is 29.6 Å². The molecule has 4 heteroatoms. The zero-order valence-corrected chi connectivity index (χ0v) is 10.4. The van der Waals surface area contributed by atoms with Crippen LogP contribution in [0.25, 0.3) is 0 Å². The highest BCUT2D eigenvalue weighted by molar-refractivity contribution is 5.96. The van der Waals surface area contributed by atoms with Crippen molar-refractivity contribution in [3.63, 3.8) is 0 Å². The lowest BCUT2D eigenvalue weighted by Gasteiger charge is -2.21. The van der Waals surface area contributed by atoms with Crippen LogP contribution in [-0.2, 0) is 4.74 Å². The molecule has 0 N–H and O–H groups in total. The van der Waals surface area contributed by atoms with Crippen molar-refractivity contribution in [3.8, 4) is 5.75 Å². The molecule has 0 atom stereocenters. The number of ether oxygens (including phenoxy) is 2. The maximum absolute atomic E-state index is 13.7. The lowest BCUT2D eigenvalue weighted by atomic mass is 9.92. The summed E-state index contributed by atoms with van der Waals surface area (Å²) >= 11 is 0. The maximum atomic E-state index is 13.7. The van der Waals surface area contributed by atoms with Crippen molar-refractivity contribution in [3.05, 3.63) is 29.6 Å². The molecule has 0 radical (unpaired) electrons. The van der Waals surface area contributed by atoms with Crippen LogP contribution in [0.15, 0.2) is 18.2 Å². The standard InChI is InChI=1S/C14H17FO3/c1-17-11-2-3-12(13(15)9-11)14(16)8-10-4-6-18-7-5-10/h2-3,9-10H,4-8H2,1H3. The molecule has 18 heavy (non-hydrogen) atoms. The Kier molecular flexibility index (Phi) is 4.31. The molecule has 0 spiro atoms.